The summed E-state index contributed by atoms with van der Waals surface area (Å²) in [6, 6.07) is 3.59. The van der Waals surface area contributed by atoms with Crippen LogP contribution in [0.4, 0.5) is 0 Å². The average molecular weight is 296 g/mol. The standard InChI is InChI=1S/C14H20N2O5/c1-9(13(18)15-6-7-20-2)16-14(19)11-5-4-10(21-3)8-12(11)17/h4-5,8-9,17H,6-7H2,1-3H3,(H,15,18)(H,16,19). The van der Waals surface area contributed by atoms with Crippen LogP contribution in [0.15, 0.2) is 18.2 Å². The van der Waals surface area contributed by atoms with E-state index < -0.39 is 11.9 Å². The molecular weight excluding hydrogens is 276 g/mol. The number of carbonyl (C=O) groups excluding carboxylic acids is 2. The maximum atomic E-state index is 12.0. The zero-order chi connectivity index (χ0) is 15.8. The third-order valence-corrected chi connectivity index (χ3v) is 2.80. The van der Waals surface area contributed by atoms with E-state index in [0.29, 0.717) is 18.9 Å². The highest BCUT2D eigenvalue weighted by molar-refractivity contribution is 5.99. The van der Waals surface area contributed by atoms with Gasteiger partial charge in [0.25, 0.3) is 5.91 Å². The van der Waals surface area contributed by atoms with Crippen LogP contribution >= 0.6 is 0 Å². The second-order valence-corrected chi connectivity index (χ2v) is 4.36. The molecule has 7 heteroatoms. The second kappa shape index (κ2) is 8.11. The first-order chi connectivity index (χ1) is 9.99. The van der Waals surface area contributed by atoms with E-state index in [1.54, 1.807) is 13.0 Å². The van der Waals surface area contributed by atoms with Crippen molar-refractivity contribution in [3.05, 3.63) is 23.8 Å². The Kier molecular flexibility index (Phi) is 6.48. The minimum atomic E-state index is -0.726. The molecule has 1 rings (SSSR count). The minimum Gasteiger partial charge on any atom is -0.507 e. The van der Waals surface area contributed by atoms with E-state index >= 15 is 0 Å². The van der Waals surface area contributed by atoms with E-state index in [9.17, 15) is 14.7 Å². The third-order valence-electron chi connectivity index (χ3n) is 2.80. The Balaban J connectivity index is 2.62. The summed E-state index contributed by atoms with van der Waals surface area (Å²) in [4.78, 5) is 23.7. The Hall–Kier alpha value is -2.28. The van der Waals surface area contributed by atoms with Crippen LogP contribution in [0.3, 0.4) is 0 Å². The molecule has 1 aromatic carbocycles. The molecule has 0 saturated heterocycles. The quantitative estimate of drug-likeness (QED) is 0.628. The van der Waals surface area contributed by atoms with Gasteiger partial charge in [-0.25, -0.2) is 0 Å². The lowest BCUT2D eigenvalue weighted by atomic mass is 10.1. The van der Waals surface area contributed by atoms with Gasteiger partial charge in [0.2, 0.25) is 5.91 Å². The van der Waals surface area contributed by atoms with E-state index in [2.05, 4.69) is 10.6 Å². The number of amides is 2. The largest absolute Gasteiger partial charge is 0.507 e. The van der Waals surface area contributed by atoms with Gasteiger partial charge < -0.3 is 25.2 Å². The van der Waals surface area contributed by atoms with Crippen LogP contribution in [-0.4, -0.2) is 50.3 Å². The molecule has 0 bridgehead atoms. The molecule has 21 heavy (non-hydrogen) atoms. The third kappa shape index (κ3) is 4.96. The van der Waals surface area contributed by atoms with Crippen molar-refractivity contribution in [1.82, 2.24) is 10.6 Å². The monoisotopic (exact) mass is 296 g/mol. The lowest BCUT2D eigenvalue weighted by molar-refractivity contribution is -0.122. The molecular formula is C14H20N2O5. The van der Waals surface area contributed by atoms with Crippen molar-refractivity contribution in [2.24, 2.45) is 0 Å². The van der Waals surface area contributed by atoms with Gasteiger partial charge in [-0.05, 0) is 19.1 Å². The number of benzene rings is 1. The summed E-state index contributed by atoms with van der Waals surface area (Å²) in [5, 5.41) is 14.9. The number of methoxy groups -OCH3 is 2. The molecule has 1 aromatic rings. The Morgan fingerprint density at radius 2 is 2.05 bits per heavy atom. The zero-order valence-corrected chi connectivity index (χ0v) is 12.3. The summed E-state index contributed by atoms with van der Waals surface area (Å²) in [6.07, 6.45) is 0. The summed E-state index contributed by atoms with van der Waals surface area (Å²) in [5.74, 6) is -0.633. The van der Waals surface area contributed by atoms with Crippen molar-refractivity contribution in [3.8, 4) is 11.5 Å². The molecule has 0 radical (unpaired) electrons. The molecule has 0 saturated carbocycles. The molecule has 3 N–H and O–H groups in total. The van der Waals surface area contributed by atoms with Crippen LogP contribution in [0.5, 0.6) is 11.5 Å². The van der Waals surface area contributed by atoms with Gasteiger partial charge in [-0.3, -0.25) is 9.59 Å². The van der Waals surface area contributed by atoms with Gasteiger partial charge in [-0.15, -0.1) is 0 Å². The lowest BCUT2D eigenvalue weighted by Gasteiger charge is -2.14. The highest BCUT2D eigenvalue weighted by Crippen LogP contribution is 2.23. The normalized spacial score (nSPS) is 11.6. The number of hydrogen-bond acceptors (Lipinski definition) is 5. The molecule has 0 aromatic heterocycles. The first-order valence-corrected chi connectivity index (χ1v) is 6.44. The summed E-state index contributed by atoms with van der Waals surface area (Å²) in [5.41, 5.74) is 0.0762. The average Bonchev–Trinajstić information content (AvgIpc) is 2.46. The number of phenols is 1. The molecule has 0 aliphatic carbocycles. The fourth-order valence-corrected chi connectivity index (χ4v) is 1.60. The Labute approximate surface area is 123 Å². The van der Waals surface area contributed by atoms with Gasteiger partial charge in [-0.2, -0.15) is 0 Å². The van der Waals surface area contributed by atoms with Crippen LogP contribution in [-0.2, 0) is 9.53 Å². The predicted molar refractivity (Wildman–Crippen MR) is 76.5 cm³/mol. The van der Waals surface area contributed by atoms with Gasteiger partial charge in [-0.1, -0.05) is 0 Å². The first kappa shape index (κ1) is 16.8. The highest BCUT2D eigenvalue weighted by Gasteiger charge is 2.18. The van der Waals surface area contributed by atoms with Gasteiger partial charge in [0, 0.05) is 19.7 Å². The predicted octanol–water partition coefficient (Wildman–Crippen LogP) is 0.282. The maximum absolute atomic E-state index is 12.0. The Morgan fingerprint density at radius 3 is 2.62 bits per heavy atom. The van der Waals surface area contributed by atoms with Crippen molar-refractivity contribution in [2.75, 3.05) is 27.4 Å². The van der Waals surface area contributed by atoms with Gasteiger partial charge >= 0.3 is 0 Å². The van der Waals surface area contributed by atoms with Crippen molar-refractivity contribution in [2.45, 2.75) is 13.0 Å². The smallest absolute Gasteiger partial charge is 0.255 e. The van der Waals surface area contributed by atoms with Crippen LogP contribution in [0, 0.1) is 0 Å². The van der Waals surface area contributed by atoms with Crippen LogP contribution in [0.25, 0.3) is 0 Å². The fraction of sp³-hybridized carbons (Fsp3) is 0.429. The number of nitrogens with one attached hydrogen (secondary N) is 2. The molecule has 0 spiro atoms. The molecule has 116 valence electrons. The molecule has 0 fully saturated rings. The van der Waals surface area contributed by atoms with Crippen LogP contribution < -0.4 is 15.4 Å². The van der Waals surface area contributed by atoms with Gasteiger partial charge in [0.05, 0.1) is 19.3 Å². The van der Waals surface area contributed by atoms with Crippen LogP contribution in [0.1, 0.15) is 17.3 Å². The number of aromatic hydroxyl groups is 1. The Morgan fingerprint density at radius 1 is 1.33 bits per heavy atom. The van der Waals surface area contributed by atoms with Crippen molar-refractivity contribution < 1.29 is 24.2 Å². The van der Waals surface area contributed by atoms with E-state index in [4.69, 9.17) is 9.47 Å². The van der Waals surface area contributed by atoms with E-state index in [1.165, 1.54) is 26.4 Å². The molecule has 2 amide bonds. The number of carbonyl (C=O) groups is 2. The number of rotatable bonds is 7. The van der Waals surface area contributed by atoms with Gasteiger partial charge in [0.15, 0.2) is 0 Å². The summed E-state index contributed by atoms with van der Waals surface area (Å²) in [6.45, 7) is 2.32. The highest BCUT2D eigenvalue weighted by atomic mass is 16.5. The molecule has 0 heterocycles. The maximum Gasteiger partial charge on any atom is 0.255 e. The summed E-state index contributed by atoms with van der Waals surface area (Å²) in [7, 11) is 2.99. The van der Waals surface area contributed by atoms with E-state index in [0.717, 1.165) is 0 Å². The van der Waals surface area contributed by atoms with E-state index in [1.807, 2.05) is 0 Å². The van der Waals surface area contributed by atoms with Gasteiger partial charge in [0.1, 0.15) is 17.5 Å². The molecule has 0 aliphatic heterocycles. The summed E-state index contributed by atoms with van der Waals surface area (Å²) < 4.78 is 9.75. The number of phenolic OH excluding ortho intramolecular Hbond substituents is 1. The topological polar surface area (TPSA) is 96.9 Å². The zero-order valence-electron chi connectivity index (χ0n) is 12.3. The lowest BCUT2D eigenvalue weighted by Crippen LogP contribution is -2.45. The Bertz CT molecular complexity index is 504. The summed E-state index contributed by atoms with van der Waals surface area (Å²) >= 11 is 0. The number of hydrogen-bond donors (Lipinski definition) is 3. The number of ether oxygens (including phenoxy) is 2. The fourth-order valence-electron chi connectivity index (χ4n) is 1.60. The van der Waals surface area contributed by atoms with Crippen molar-refractivity contribution >= 4 is 11.8 Å². The van der Waals surface area contributed by atoms with Crippen molar-refractivity contribution in [1.29, 1.82) is 0 Å². The molecule has 1 atom stereocenters. The molecule has 7 nitrogen and oxygen atoms in total. The second-order valence-electron chi connectivity index (χ2n) is 4.36. The van der Waals surface area contributed by atoms with Crippen molar-refractivity contribution in [3.63, 3.8) is 0 Å². The van der Waals surface area contributed by atoms with E-state index in [-0.39, 0.29) is 17.2 Å². The minimum absolute atomic E-state index is 0.0762. The molecule has 1 unspecified atom stereocenters. The van der Waals surface area contributed by atoms with Crippen LogP contribution in [0.2, 0.25) is 0 Å². The first-order valence-electron chi connectivity index (χ1n) is 6.44. The molecule has 0 aliphatic rings. The SMILES string of the molecule is COCCNC(=O)C(C)NC(=O)c1ccc(OC)cc1O.